The summed E-state index contributed by atoms with van der Waals surface area (Å²) in [6.07, 6.45) is -0.170. The van der Waals surface area contributed by atoms with Crippen LogP contribution in [0, 0.1) is 0 Å². The molecular formula is C17H21N3O5S. The van der Waals surface area contributed by atoms with Crippen molar-refractivity contribution in [1.29, 1.82) is 0 Å². The molecule has 1 aliphatic rings. The van der Waals surface area contributed by atoms with Gasteiger partial charge in [-0.15, -0.1) is 0 Å². The van der Waals surface area contributed by atoms with Gasteiger partial charge in [0.05, 0.1) is 6.42 Å². The Morgan fingerprint density at radius 1 is 1.31 bits per heavy atom. The predicted octanol–water partition coefficient (Wildman–Crippen LogP) is 0.220. The maximum Gasteiger partial charge on any atom is 0.308 e. The average molecular weight is 379 g/mol. The number of amides is 2. The highest BCUT2D eigenvalue weighted by molar-refractivity contribution is 7.80. The molecule has 2 amide bonds. The molecule has 1 fully saturated rings. The first-order valence-corrected chi connectivity index (χ1v) is 8.57. The standard InChI is InChI=1S/C17H21N3O5S/c1-12(21)19-17(26)20-8-7-18-16(23)14(20)11-15(22)25-10-9-24-13-5-3-2-4-6-13/h2-6,14H,7-11H2,1H3,(H,18,23)(H,19,21,26)/t14-/m0/s1. The number of nitrogens with zero attached hydrogens (tertiary/aromatic N) is 1. The van der Waals surface area contributed by atoms with E-state index in [-0.39, 0.29) is 36.6 Å². The normalized spacial score (nSPS) is 16.4. The monoisotopic (exact) mass is 379 g/mol. The molecule has 1 saturated heterocycles. The highest BCUT2D eigenvalue weighted by Gasteiger charge is 2.33. The number of thiocarbonyl (C=S) groups is 1. The fourth-order valence-electron chi connectivity index (χ4n) is 2.43. The van der Waals surface area contributed by atoms with E-state index < -0.39 is 12.0 Å². The summed E-state index contributed by atoms with van der Waals surface area (Å²) in [7, 11) is 0. The molecule has 1 aromatic rings. The molecule has 1 aromatic carbocycles. The van der Waals surface area contributed by atoms with Gasteiger partial charge in [0.2, 0.25) is 11.8 Å². The van der Waals surface area contributed by atoms with E-state index in [0.717, 1.165) is 0 Å². The molecule has 2 rings (SSSR count). The smallest absolute Gasteiger partial charge is 0.308 e. The lowest BCUT2D eigenvalue weighted by Gasteiger charge is -2.36. The first-order chi connectivity index (χ1) is 12.5. The molecule has 26 heavy (non-hydrogen) atoms. The van der Waals surface area contributed by atoms with Gasteiger partial charge in [0.25, 0.3) is 0 Å². The predicted molar refractivity (Wildman–Crippen MR) is 97.4 cm³/mol. The Hall–Kier alpha value is -2.68. The first kappa shape index (κ1) is 19.6. The molecule has 0 saturated carbocycles. The third-order valence-electron chi connectivity index (χ3n) is 3.59. The fourth-order valence-corrected chi connectivity index (χ4v) is 2.79. The summed E-state index contributed by atoms with van der Waals surface area (Å²) in [5, 5.41) is 5.27. The lowest BCUT2D eigenvalue weighted by Crippen LogP contribution is -2.60. The van der Waals surface area contributed by atoms with Crippen molar-refractivity contribution in [2.24, 2.45) is 0 Å². The zero-order valence-corrected chi connectivity index (χ0v) is 15.2. The van der Waals surface area contributed by atoms with Crippen molar-refractivity contribution in [3.8, 4) is 5.75 Å². The minimum absolute atomic E-state index is 0.0677. The summed E-state index contributed by atoms with van der Waals surface area (Å²) in [5.41, 5.74) is 0. The van der Waals surface area contributed by atoms with Gasteiger partial charge < -0.3 is 25.0 Å². The zero-order valence-electron chi connectivity index (χ0n) is 14.4. The van der Waals surface area contributed by atoms with Crippen molar-refractivity contribution < 1.29 is 23.9 Å². The topological polar surface area (TPSA) is 97.0 Å². The third kappa shape index (κ3) is 5.99. The SMILES string of the molecule is CC(=O)NC(=S)N1CCNC(=O)[C@@H]1CC(=O)OCCOc1ccccc1. The van der Waals surface area contributed by atoms with E-state index in [1.165, 1.54) is 11.8 Å². The number of hydrogen-bond acceptors (Lipinski definition) is 6. The van der Waals surface area contributed by atoms with Gasteiger partial charge >= 0.3 is 5.97 Å². The van der Waals surface area contributed by atoms with E-state index >= 15 is 0 Å². The molecule has 0 spiro atoms. The molecule has 9 heteroatoms. The number of nitrogens with one attached hydrogen (secondary N) is 2. The minimum Gasteiger partial charge on any atom is -0.490 e. The van der Waals surface area contributed by atoms with Crippen LogP contribution in [0.25, 0.3) is 0 Å². The molecule has 0 aliphatic carbocycles. The molecule has 140 valence electrons. The number of esters is 1. The molecule has 1 heterocycles. The number of piperazine rings is 1. The zero-order chi connectivity index (χ0) is 18.9. The van der Waals surface area contributed by atoms with Gasteiger partial charge in [-0.2, -0.15) is 0 Å². The van der Waals surface area contributed by atoms with Gasteiger partial charge in [0.15, 0.2) is 5.11 Å². The molecular weight excluding hydrogens is 358 g/mol. The summed E-state index contributed by atoms with van der Waals surface area (Å²) in [4.78, 5) is 36.8. The Balaban J connectivity index is 1.81. The van der Waals surface area contributed by atoms with Crippen molar-refractivity contribution in [1.82, 2.24) is 15.5 Å². The van der Waals surface area contributed by atoms with Crippen LogP contribution in [0.2, 0.25) is 0 Å². The second kappa shape index (κ2) is 9.71. The highest BCUT2D eigenvalue weighted by atomic mass is 32.1. The van der Waals surface area contributed by atoms with Crippen LogP contribution < -0.4 is 15.4 Å². The van der Waals surface area contributed by atoms with E-state index in [0.29, 0.717) is 18.8 Å². The summed E-state index contributed by atoms with van der Waals surface area (Å²) < 4.78 is 10.6. The van der Waals surface area contributed by atoms with E-state index in [9.17, 15) is 14.4 Å². The van der Waals surface area contributed by atoms with Gasteiger partial charge in [0, 0.05) is 20.0 Å². The Labute approximate surface area is 156 Å². The van der Waals surface area contributed by atoms with Gasteiger partial charge in [-0.05, 0) is 24.4 Å². The van der Waals surface area contributed by atoms with Crippen LogP contribution in [0.15, 0.2) is 30.3 Å². The van der Waals surface area contributed by atoms with E-state index in [1.54, 1.807) is 12.1 Å². The van der Waals surface area contributed by atoms with Gasteiger partial charge in [-0.25, -0.2) is 0 Å². The molecule has 0 unspecified atom stereocenters. The van der Waals surface area contributed by atoms with Crippen LogP contribution in [0.5, 0.6) is 5.75 Å². The van der Waals surface area contributed by atoms with Crippen LogP contribution in [-0.4, -0.2) is 60.1 Å². The molecule has 0 radical (unpaired) electrons. The summed E-state index contributed by atoms with van der Waals surface area (Å²) in [5.74, 6) is -0.525. The van der Waals surface area contributed by atoms with Crippen molar-refractivity contribution in [2.75, 3.05) is 26.3 Å². The van der Waals surface area contributed by atoms with Crippen molar-refractivity contribution >= 4 is 35.1 Å². The lowest BCUT2D eigenvalue weighted by atomic mass is 10.1. The van der Waals surface area contributed by atoms with Crippen LogP contribution in [0.1, 0.15) is 13.3 Å². The lowest BCUT2D eigenvalue weighted by molar-refractivity contribution is -0.148. The molecule has 1 aliphatic heterocycles. The maximum absolute atomic E-state index is 12.1. The first-order valence-electron chi connectivity index (χ1n) is 8.16. The number of carbonyl (C=O) groups is 3. The van der Waals surface area contributed by atoms with Crippen molar-refractivity contribution in [2.45, 2.75) is 19.4 Å². The van der Waals surface area contributed by atoms with Crippen LogP contribution in [-0.2, 0) is 19.1 Å². The molecule has 1 atom stereocenters. The Morgan fingerprint density at radius 3 is 2.73 bits per heavy atom. The summed E-state index contributed by atoms with van der Waals surface area (Å²) in [6.45, 7) is 2.39. The largest absolute Gasteiger partial charge is 0.490 e. The second-order valence-electron chi connectivity index (χ2n) is 5.57. The summed E-state index contributed by atoms with van der Waals surface area (Å²) in [6, 6.07) is 8.35. The Bertz CT molecular complexity index is 668. The number of benzene rings is 1. The van der Waals surface area contributed by atoms with Crippen LogP contribution in [0.4, 0.5) is 0 Å². The van der Waals surface area contributed by atoms with Gasteiger partial charge in [-0.3, -0.25) is 14.4 Å². The van der Waals surface area contributed by atoms with Gasteiger partial charge in [0.1, 0.15) is 25.0 Å². The minimum atomic E-state index is -0.814. The van der Waals surface area contributed by atoms with Crippen LogP contribution >= 0.6 is 12.2 Å². The number of hydrogen-bond donors (Lipinski definition) is 2. The van der Waals surface area contributed by atoms with E-state index in [4.69, 9.17) is 21.7 Å². The molecule has 2 N–H and O–H groups in total. The van der Waals surface area contributed by atoms with Crippen LogP contribution in [0.3, 0.4) is 0 Å². The number of carbonyl (C=O) groups excluding carboxylic acids is 3. The maximum atomic E-state index is 12.1. The van der Waals surface area contributed by atoms with Crippen molar-refractivity contribution in [3.63, 3.8) is 0 Å². The summed E-state index contributed by atoms with van der Waals surface area (Å²) >= 11 is 5.14. The van der Waals surface area contributed by atoms with Crippen molar-refractivity contribution in [3.05, 3.63) is 30.3 Å². The Morgan fingerprint density at radius 2 is 2.04 bits per heavy atom. The third-order valence-corrected chi connectivity index (χ3v) is 3.93. The average Bonchev–Trinajstić information content (AvgIpc) is 2.60. The number of rotatable bonds is 6. The number of para-hydroxylation sites is 1. The fraction of sp³-hybridized carbons (Fsp3) is 0.412. The number of ether oxygens (including phenoxy) is 2. The molecule has 0 aromatic heterocycles. The molecule has 8 nitrogen and oxygen atoms in total. The van der Waals surface area contributed by atoms with Gasteiger partial charge in [-0.1, -0.05) is 18.2 Å². The van der Waals surface area contributed by atoms with E-state index in [1.807, 2.05) is 18.2 Å². The Kier molecular flexibility index (Phi) is 7.34. The van der Waals surface area contributed by atoms with E-state index in [2.05, 4.69) is 10.6 Å². The quantitative estimate of drug-likeness (QED) is 0.415. The molecule has 0 bridgehead atoms. The second-order valence-corrected chi connectivity index (χ2v) is 5.96. The highest BCUT2D eigenvalue weighted by Crippen LogP contribution is 2.11.